The lowest BCUT2D eigenvalue weighted by Crippen LogP contribution is -2.29. The summed E-state index contributed by atoms with van der Waals surface area (Å²) in [6.07, 6.45) is 0.962. The fraction of sp³-hybridized carbons (Fsp3) is 0.538. The van der Waals surface area contributed by atoms with Gasteiger partial charge in [0, 0.05) is 19.2 Å². The van der Waals surface area contributed by atoms with Gasteiger partial charge in [-0.2, -0.15) is 0 Å². The summed E-state index contributed by atoms with van der Waals surface area (Å²) >= 11 is 6.35. The molecule has 16 heavy (non-hydrogen) atoms. The van der Waals surface area contributed by atoms with Crippen LogP contribution in [0.15, 0.2) is 24.3 Å². The van der Waals surface area contributed by atoms with Gasteiger partial charge < -0.3 is 10.1 Å². The van der Waals surface area contributed by atoms with Crippen molar-refractivity contribution in [3.63, 3.8) is 0 Å². The van der Waals surface area contributed by atoms with Crippen LogP contribution in [-0.2, 0) is 11.2 Å². The first kappa shape index (κ1) is 11.9. The fourth-order valence-corrected chi connectivity index (χ4v) is 2.61. The molecule has 0 bridgehead atoms. The number of halogens is 1. The van der Waals surface area contributed by atoms with Crippen LogP contribution >= 0.6 is 11.6 Å². The maximum absolute atomic E-state index is 6.35. The molecule has 2 unspecified atom stereocenters. The third-order valence-electron chi connectivity index (χ3n) is 2.98. The summed E-state index contributed by atoms with van der Waals surface area (Å²) in [5.74, 6) is 0. The topological polar surface area (TPSA) is 21.3 Å². The van der Waals surface area contributed by atoms with E-state index in [4.69, 9.17) is 16.3 Å². The molecule has 1 aliphatic carbocycles. The quantitative estimate of drug-likeness (QED) is 0.630. The predicted molar refractivity (Wildman–Crippen MR) is 67.0 cm³/mol. The monoisotopic (exact) mass is 239 g/mol. The zero-order valence-corrected chi connectivity index (χ0v) is 10.3. The minimum absolute atomic E-state index is 0.166. The van der Waals surface area contributed by atoms with Gasteiger partial charge in [0.25, 0.3) is 0 Å². The molecule has 0 aliphatic heterocycles. The van der Waals surface area contributed by atoms with Gasteiger partial charge in [0.2, 0.25) is 0 Å². The second kappa shape index (κ2) is 5.67. The first-order valence-electron chi connectivity index (χ1n) is 5.86. The van der Waals surface area contributed by atoms with E-state index in [2.05, 4.69) is 29.6 Å². The highest BCUT2D eigenvalue weighted by atomic mass is 35.5. The van der Waals surface area contributed by atoms with E-state index in [9.17, 15) is 0 Å². The van der Waals surface area contributed by atoms with Crippen molar-refractivity contribution in [1.29, 1.82) is 0 Å². The molecule has 0 saturated carbocycles. The molecule has 2 rings (SSSR count). The predicted octanol–water partition coefficient (Wildman–Crippen LogP) is 2.52. The van der Waals surface area contributed by atoms with Crippen LogP contribution in [0.3, 0.4) is 0 Å². The van der Waals surface area contributed by atoms with Gasteiger partial charge in [-0.3, -0.25) is 0 Å². The second-order valence-electron chi connectivity index (χ2n) is 4.05. The molecule has 88 valence electrons. The molecule has 3 heteroatoms. The lowest BCUT2D eigenvalue weighted by atomic mass is 10.1. The average molecular weight is 240 g/mol. The zero-order chi connectivity index (χ0) is 11.4. The Bertz CT molecular complexity index is 342. The van der Waals surface area contributed by atoms with E-state index >= 15 is 0 Å². The number of hydrogen-bond donors (Lipinski definition) is 1. The third-order valence-corrected chi connectivity index (χ3v) is 3.39. The summed E-state index contributed by atoms with van der Waals surface area (Å²) in [4.78, 5) is 0. The Balaban J connectivity index is 1.94. The average Bonchev–Trinajstić information content (AvgIpc) is 2.61. The number of nitrogens with one attached hydrogen (secondary N) is 1. The van der Waals surface area contributed by atoms with Gasteiger partial charge in [-0.25, -0.2) is 0 Å². The van der Waals surface area contributed by atoms with Crippen LogP contribution in [0.25, 0.3) is 0 Å². The number of ether oxygens (including phenoxy) is 1. The molecule has 1 aromatic rings. The van der Waals surface area contributed by atoms with Gasteiger partial charge in [0.15, 0.2) is 0 Å². The molecule has 1 N–H and O–H groups in total. The molecule has 2 nitrogen and oxygen atoms in total. The highest BCUT2D eigenvalue weighted by Gasteiger charge is 2.29. The Morgan fingerprint density at radius 2 is 2.25 bits per heavy atom. The van der Waals surface area contributed by atoms with E-state index in [0.29, 0.717) is 0 Å². The molecule has 0 heterocycles. The van der Waals surface area contributed by atoms with Crippen LogP contribution in [0.2, 0.25) is 0 Å². The number of alkyl halides is 1. The molecule has 0 aromatic heterocycles. The molecule has 2 atom stereocenters. The van der Waals surface area contributed by atoms with Crippen molar-refractivity contribution < 1.29 is 4.74 Å². The number of fused-ring (bicyclic) bond motifs is 1. The van der Waals surface area contributed by atoms with Crippen LogP contribution in [-0.4, -0.2) is 25.1 Å². The van der Waals surface area contributed by atoms with Crippen molar-refractivity contribution in [3.8, 4) is 0 Å². The Hall–Kier alpha value is -0.570. The van der Waals surface area contributed by atoms with Crippen LogP contribution in [0.1, 0.15) is 24.1 Å². The molecular weight excluding hydrogens is 222 g/mol. The number of rotatable bonds is 5. The molecular formula is C13H18ClNO. The summed E-state index contributed by atoms with van der Waals surface area (Å²) in [6, 6.07) is 8.75. The van der Waals surface area contributed by atoms with Crippen LogP contribution in [0.4, 0.5) is 0 Å². The minimum Gasteiger partial charge on any atom is -0.380 e. The lowest BCUT2D eigenvalue weighted by Gasteiger charge is -2.17. The Labute approximate surface area is 102 Å². The summed E-state index contributed by atoms with van der Waals surface area (Å²) in [5, 5.41) is 3.63. The molecule has 0 saturated heterocycles. The van der Waals surface area contributed by atoms with Crippen molar-refractivity contribution in [2.75, 3.05) is 19.8 Å². The Morgan fingerprint density at radius 3 is 3.06 bits per heavy atom. The Morgan fingerprint density at radius 1 is 1.44 bits per heavy atom. The minimum atomic E-state index is 0.166. The van der Waals surface area contributed by atoms with E-state index in [1.807, 2.05) is 6.92 Å². The van der Waals surface area contributed by atoms with Gasteiger partial charge in [0.05, 0.1) is 12.0 Å². The van der Waals surface area contributed by atoms with Crippen molar-refractivity contribution in [2.24, 2.45) is 0 Å². The molecule has 0 amide bonds. The van der Waals surface area contributed by atoms with Gasteiger partial charge in [-0.15, -0.1) is 11.6 Å². The highest BCUT2D eigenvalue weighted by molar-refractivity contribution is 6.21. The maximum Gasteiger partial charge on any atom is 0.0590 e. The van der Waals surface area contributed by atoms with Crippen LogP contribution in [0, 0.1) is 0 Å². The summed E-state index contributed by atoms with van der Waals surface area (Å²) in [6.45, 7) is 4.39. The normalized spacial score (nSPS) is 23.4. The van der Waals surface area contributed by atoms with Gasteiger partial charge in [-0.1, -0.05) is 24.3 Å². The van der Waals surface area contributed by atoms with Crippen LogP contribution < -0.4 is 5.32 Å². The zero-order valence-electron chi connectivity index (χ0n) is 9.58. The van der Waals surface area contributed by atoms with Crippen molar-refractivity contribution in [1.82, 2.24) is 5.32 Å². The summed E-state index contributed by atoms with van der Waals surface area (Å²) in [7, 11) is 0. The van der Waals surface area contributed by atoms with E-state index in [-0.39, 0.29) is 11.4 Å². The lowest BCUT2D eigenvalue weighted by molar-refractivity contribution is 0.147. The smallest absolute Gasteiger partial charge is 0.0590 e. The van der Waals surface area contributed by atoms with Gasteiger partial charge in [0.1, 0.15) is 0 Å². The second-order valence-corrected chi connectivity index (χ2v) is 4.61. The molecule has 0 spiro atoms. The van der Waals surface area contributed by atoms with E-state index in [1.165, 1.54) is 11.1 Å². The maximum atomic E-state index is 6.35. The van der Waals surface area contributed by atoms with Gasteiger partial charge in [-0.05, 0) is 24.5 Å². The van der Waals surface area contributed by atoms with Crippen molar-refractivity contribution >= 4 is 11.6 Å². The Kier molecular flexibility index (Phi) is 4.22. The number of benzene rings is 1. The fourth-order valence-electron chi connectivity index (χ4n) is 2.22. The SMILES string of the molecule is CCOCCNC1c2ccccc2CC1Cl. The van der Waals surface area contributed by atoms with E-state index < -0.39 is 0 Å². The largest absolute Gasteiger partial charge is 0.380 e. The number of hydrogen-bond acceptors (Lipinski definition) is 2. The molecule has 1 aliphatic rings. The highest BCUT2D eigenvalue weighted by Crippen LogP contribution is 2.34. The summed E-state index contributed by atoms with van der Waals surface area (Å²) in [5.41, 5.74) is 2.72. The van der Waals surface area contributed by atoms with Gasteiger partial charge >= 0.3 is 0 Å². The first-order chi connectivity index (χ1) is 7.83. The van der Waals surface area contributed by atoms with Crippen molar-refractivity contribution in [2.45, 2.75) is 24.8 Å². The molecule has 0 fully saturated rings. The summed E-state index contributed by atoms with van der Waals surface area (Å²) < 4.78 is 5.31. The van der Waals surface area contributed by atoms with E-state index in [1.54, 1.807) is 0 Å². The third kappa shape index (κ3) is 2.57. The first-order valence-corrected chi connectivity index (χ1v) is 6.29. The van der Waals surface area contributed by atoms with Crippen molar-refractivity contribution in [3.05, 3.63) is 35.4 Å². The van der Waals surface area contributed by atoms with E-state index in [0.717, 1.165) is 26.2 Å². The standard InChI is InChI=1S/C13H18ClNO/c1-2-16-8-7-15-13-11-6-4-3-5-10(11)9-12(13)14/h3-6,12-13,15H,2,7-9H2,1H3. The molecule has 1 aromatic carbocycles. The molecule has 0 radical (unpaired) electrons. The van der Waals surface area contributed by atoms with Crippen LogP contribution in [0.5, 0.6) is 0 Å².